The first-order valence-electron chi connectivity index (χ1n) is 6.62. The molecule has 0 spiro atoms. The van der Waals surface area contributed by atoms with Crippen molar-refractivity contribution in [2.75, 3.05) is 13.1 Å². The first kappa shape index (κ1) is 19.1. The van der Waals surface area contributed by atoms with Gasteiger partial charge in [-0.2, -0.15) is 0 Å². The van der Waals surface area contributed by atoms with Crippen LogP contribution in [0, 0.1) is 0 Å². The maximum absolute atomic E-state index is 10.3. The highest BCUT2D eigenvalue weighted by Crippen LogP contribution is 2.43. The molecule has 0 bridgehead atoms. The molecule has 2 heterocycles. The van der Waals surface area contributed by atoms with Crippen molar-refractivity contribution in [2.24, 2.45) is 0 Å². The molecule has 2 aromatic rings. The number of piperidine rings is 1. The number of phenols is 1. The van der Waals surface area contributed by atoms with Crippen LogP contribution in [0.2, 0.25) is 0 Å². The Balaban J connectivity index is 0.00000176. The van der Waals surface area contributed by atoms with Crippen LogP contribution in [0.3, 0.4) is 0 Å². The van der Waals surface area contributed by atoms with Gasteiger partial charge in [0.25, 0.3) is 0 Å². The molecule has 0 radical (unpaired) electrons. The molecule has 0 saturated carbocycles. The number of benzene rings is 1. The molecule has 1 N–H and O–H groups in total. The van der Waals surface area contributed by atoms with Crippen LogP contribution in [0.15, 0.2) is 24.9 Å². The summed E-state index contributed by atoms with van der Waals surface area (Å²) >= 11 is 14.1. The summed E-state index contributed by atoms with van der Waals surface area (Å²) in [5, 5.41) is 10.3. The van der Waals surface area contributed by atoms with E-state index >= 15 is 0 Å². The average molecular weight is 595 g/mol. The zero-order chi connectivity index (χ0) is 15.0. The van der Waals surface area contributed by atoms with Crippen molar-refractivity contribution in [1.29, 1.82) is 0 Å². The first-order valence-corrected chi connectivity index (χ1v) is 10.6. The van der Waals surface area contributed by atoms with E-state index in [0.717, 1.165) is 31.8 Å². The van der Waals surface area contributed by atoms with Gasteiger partial charge in [-0.1, -0.05) is 27.3 Å². The molecule has 0 unspecified atom stereocenters. The number of nitrogens with zero attached hydrogens (tertiary/aromatic N) is 1. The fourth-order valence-electron chi connectivity index (χ4n) is 2.38. The van der Waals surface area contributed by atoms with Gasteiger partial charge in [0.2, 0.25) is 0 Å². The summed E-state index contributed by atoms with van der Waals surface area (Å²) < 4.78 is 6.50. The Morgan fingerprint density at radius 3 is 2.36 bits per heavy atom. The minimum absolute atomic E-state index is 0. The Kier molecular flexibility index (Phi) is 7.17. The van der Waals surface area contributed by atoms with Crippen LogP contribution < -0.4 is 25.5 Å². The zero-order valence-electron chi connectivity index (χ0n) is 11.4. The van der Waals surface area contributed by atoms with Gasteiger partial charge < -0.3 is 22.1 Å². The maximum atomic E-state index is 10.3. The number of halogens is 4. The average Bonchev–Trinajstić information content (AvgIpc) is 2.86. The second kappa shape index (κ2) is 8.25. The molecule has 0 atom stereocenters. The fraction of sp³-hybridized carbons (Fsp3) is 0.357. The third-order valence-corrected chi connectivity index (χ3v) is 8.15. The normalized spacial score (nSPS) is 14.8. The summed E-state index contributed by atoms with van der Waals surface area (Å²) in [5.74, 6) is 0.290. The van der Waals surface area contributed by atoms with Crippen LogP contribution in [-0.2, 0) is 0 Å². The Bertz CT molecular complexity index is 746. The van der Waals surface area contributed by atoms with E-state index in [1.807, 2.05) is 12.1 Å². The van der Waals surface area contributed by atoms with Crippen LogP contribution >= 0.6 is 70.5 Å². The Hall–Kier alpha value is 0.790. The molecule has 1 aromatic carbocycles. The second-order valence-corrected chi connectivity index (χ2v) is 10.2. The summed E-state index contributed by atoms with van der Waals surface area (Å²) in [6.45, 7) is 2.27. The van der Waals surface area contributed by atoms with Gasteiger partial charge in [-0.15, -0.1) is 0 Å². The smallest absolute Gasteiger partial charge is 0.315 e. The van der Waals surface area contributed by atoms with Crippen molar-refractivity contribution < 1.29 is 22.1 Å². The van der Waals surface area contributed by atoms with Crippen molar-refractivity contribution >= 4 is 70.5 Å². The lowest BCUT2D eigenvalue weighted by molar-refractivity contribution is -0.00000468. The minimum Gasteiger partial charge on any atom is -1.00 e. The first-order chi connectivity index (χ1) is 10.1. The van der Waals surface area contributed by atoms with Crippen LogP contribution in [0.4, 0.5) is 0 Å². The van der Waals surface area contributed by atoms with E-state index < -0.39 is 0 Å². The predicted molar refractivity (Wildman–Crippen MR) is 101 cm³/mol. The number of phenolic OH excluding ortho intramolecular Hbond substituents is 1. The lowest BCUT2D eigenvalue weighted by Gasteiger charge is -2.07. The molecule has 3 rings (SSSR count). The molecule has 0 amide bonds. The van der Waals surface area contributed by atoms with E-state index in [1.165, 1.54) is 23.2 Å². The van der Waals surface area contributed by atoms with E-state index in [4.69, 9.17) is 0 Å². The minimum atomic E-state index is 0. The van der Waals surface area contributed by atoms with Crippen molar-refractivity contribution in [3.05, 3.63) is 28.8 Å². The summed E-state index contributed by atoms with van der Waals surface area (Å²) in [6, 6.07) is 3.82. The van der Waals surface area contributed by atoms with Crippen LogP contribution in [0.5, 0.6) is 5.75 Å². The summed E-state index contributed by atoms with van der Waals surface area (Å²) in [4.78, 5) is 1.08. The number of rotatable bonds is 1. The van der Waals surface area contributed by atoms with Crippen molar-refractivity contribution in [1.82, 2.24) is 4.58 Å². The second-order valence-electron chi connectivity index (χ2n) is 4.90. The maximum Gasteiger partial charge on any atom is 0.315 e. The topological polar surface area (TPSA) is 23.2 Å². The van der Waals surface area contributed by atoms with E-state index in [9.17, 15) is 5.11 Å². The lowest BCUT2D eigenvalue weighted by Crippen LogP contribution is -3.00. The molecule has 1 aliphatic rings. The number of hydrogen-bond acceptors (Lipinski definition) is 3. The Morgan fingerprint density at radius 2 is 1.68 bits per heavy atom. The molecular formula is C14H13Br4NOS2. The summed E-state index contributed by atoms with van der Waals surface area (Å²) in [6.07, 6.45) is 3.87. The van der Waals surface area contributed by atoms with Gasteiger partial charge in [0.15, 0.2) is 0 Å². The third kappa shape index (κ3) is 4.06. The third-order valence-electron chi connectivity index (χ3n) is 3.43. The predicted octanol–water partition coefficient (Wildman–Crippen LogP) is 2.43. The van der Waals surface area contributed by atoms with E-state index in [-0.39, 0.29) is 22.7 Å². The van der Waals surface area contributed by atoms with Crippen molar-refractivity contribution in [3.63, 3.8) is 0 Å². The van der Waals surface area contributed by atoms with Gasteiger partial charge >= 0.3 is 3.98 Å². The molecule has 1 aliphatic heterocycles. The molecule has 2 nitrogen and oxygen atoms in total. The standard InChI is InChI=1S/C14H12Br3NOS2.BrH/c15-8-6-9(11(19)10(16)7-8)12-13(17)21-14(20-12)18-4-2-1-3-5-18;/h6-7H,1-5H2;1H. The van der Waals surface area contributed by atoms with Gasteiger partial charge in [0, 0.05) is 22.9 Å². The molecule has 8 heteroatoms. The van der Waals surface area contributed by atoms with Crippen LogP contribution in [-0.4, -0.2) is 18.2 Å². The van der Waals surface area contributed by atoms with Gasteiger partial charge in [-0.25, -0.2) is 4.58 Å². The highest BCUT2D eigenvalue weighted by atomic mass is 79.9. The lowest BCUT2D eigenvalue weighted by atomic mass is 10.2. The molecule has 120 valence electrons. The monoisotopic (exact) mass is 591 g/mol. The molecule has 1 saturated heterocycles. The number of aromatic hydroxyl groups is 1. The zero-order valence-corrected chi connectivity index (χ0v) is 19.4. The largest absolute Gasteiger partial charge is 1.00 e. The molecule has 1 fully saturated rings. The van der Waals surface area contributed by atoms with E-state index in [2.05, 4.69) is 52.4 Å². The Labute approximate surface area is 173 Å². The SMILES string of the molecule is Oc1c(Br)cc(Br)cc1-c1sc(=[N+]2CCCCC2)sc1Br.[Br-]. The van der Waals surface area contributed by atoms with Crippen molar-refractivity contribution in [3.8, 4) is 16.2 Å². The van der Waals surface area contributed by atoms with Gasteiger partial charge in [-0.3, -0.25) is 0 Å². The Morgan fingerprint density at radius 1 is 1.00 bits per heavy atom. The van der Waals surface area contributed by atoms with E-state index in [0.29, 0.717) is 4.47 Å². The molecule has 1 aromatic heterocycles. The summed E-state index contributed by atoms with van der Waals surface area (Å²) in [7, 11) is 0. The molecule has 0 aliphatic carbocycles. The highest BCUT2D eigenvalue weighted by Gasteiger charge is 2.20. The van der Waals surface area contributed by atoms with Crippen molar-refractivity contribution in [2.45, 2.75) is 19.3 Å². The van der Waals surface area contributed by atoms with Crippen LogP contribution in [0.25, 0.3) is 10.4 Å². The van der Waals surface area contributed by atoms with Gasteiger partial charge in [0.1, 0.15) is 18.8 Å². The van der Waals surface area contributed by atoms with E-state index in [1.54, 1.807) is 22.7 Å². The quantitative estimate of drug-likeness (QED) is 0.504. The molecular weight excluding hydrogens is 582 g/mol. The summed E-state index contributed by atoms with van der Waals surface area (Å²) in [5.41, 5.74) is 0.854. The molecule has 22 heavy (non-hydrogen) atoms. The van der Waals surface area contributed by atoms with Gasteiger partial charge in [-0.05, 0) is 61.8 Å². The van der Waals surface area contributed by atoms with Gasteiger partial charge in [0.05, 0.1) is 13.1 Å². The highest BCUT2D eigenvalue weighted by molar-refractivity contribution is 9.11. The number of hydrogen-bond donors (Lipinski definition) is 1. The fourth-order valence-corrected chi connectivity index (χ4v) is 7.26. The van der Waals surface area contributed by atoms with Crippen LogP contribution in [0.1, 0.15) is 19.3 Å².